The maximum atomic E-state index is 11.3. The van der Waals surface area contributed by atoms with Crippen LogP contribution >= 0.6 is 0 Å². The standard InChI is InChI=1S/C7H7N3O4/c11-4-3(6-8-1-2-14-6)5(12)10-7(13)9-4/h1-2H2,(H3,9,10,11,12,13). The number of aromatic amines is 2. The molecule has 1 aromatic heterocycles. The Kier molecular flexibility index (Phi) is 1.84. The Bertz CT molecular complexity index is 498. The number of nitrogens with zero attached hydrogens (tertiary/aromatic N) is 1. The van der Waals surface area contributed by atoms with E-state index in [1.807, 2.05) is 9.97 Å². The van der Waals surface area contributed by atoms with Gasteiger partial charge in [0.25, 0.3) is 5.56 Å². The quantitative estimate of drug-likeness (QED) is 0.511. The fourth-order valence-electron chi connectivity index (χ4n) is 1.16. The minimum absolute atomic E-state index is 0.0556. The van der Waals surface area contributed by atoms with Crippen molar-refractivity contribution in [2.45, 2.75) is 0 Å². The summed E-state index contributed by atoms with van der Waals surface area (Å²) in [6, 6.07) is 0. The van der Waals surface area contributed by atoms with E-state index in [1.165, 1.54) is 0 Å². The second-order valence-corrected chi connectivity index (χ2v) is 2.67. The molecule has 0 fully saturated rings. The van der Waals surface area contributed by atoms with Gasteiger partial charge in [-0.05, 0) is 0 Å². The smallest absolute Gasteiger partial charge is 0.328 e. The van der Waals surface area contributed by atoms with Crippen LogP contribution in [0.2, 0.25) is 0 Å². The molecule has 2 heterocycles. The summed E-state index contributed by atoms with van der Waals surface area (Å²) in [7, 11) is 0. The minimum atomic E-state index is -0.769. The highest BCUT2D eigenvalue weighted by molar-refractivity contribution is 5.96. The molecule has 7 heteroatoms. The first-order valence-corrected chi connectivity index (χ1v) is 3.91. The Morgan fingerprint density at radius 3 is 2.71 bits per heavy atom. The lowest BCUT2D eigenvalue weighted by atomic mass is 10.3. The molecule has 14 heavy (non-hydrogen) atoms. The molecule has 0 unspecified atom stereocenters. The molecule has 0 saturated heterocycles. The van der Waals surface area contributed by atoms with E-state index in [2.05, 4.69) is 4.99 Å². The highest BCUT2D eigenvalue weighted by atomic mass is 16.5. The van der Waals surface area contributed by atoms with Gasteiger partial charge < -0.3 is 9.84 Å². The maximum absolute atomic E-state index is 11.3. The van der Waals surface area contributed by atoms with Gasteiger partial charge in [0.2, 0.25) is 11.8 Å². The van der Waals surface area contributed by atoms with Gasteiger partial charge in [0, 0.05) is 0 Å². The number of aromatic hydroxyl groups is 1. The van der Waals surface area contributed by atoms with Gasteiger partial charge in [0.05, 0.1) is 6.54 Å². The van der Waals surface area contributed by atoms with E-state index >= 15 is 0 Å². The molecular formula is C7H7N3O4. The van der Waals surface area contributed by atoms with Crippen molar-refractivity contribution >= 4 is 5.90 Å². The molecule has 0 bridgehead atoms. The first kappa shape index (κ1) is 8.54. The maximum Gasteiger partial charge on any atom is 0.328 e. The Hall–Kier alpha value is -2.05. The Labute approximate surface area is 77.1 Å². The summed E-state index contributed by atoms with van der Waals surface area (Å²) in [4.78, 5) is 29.8. The molecule has 0 aromatic carbocycles. The molecule has 3 N–H and O–H groups in total. The number of hydrogen-bond acceptors (Lipinski definition) is 5. The Balaban J connectivity index is 2.63. The van der Waals surface area contributed by atoms with Crippen LogP contribution in [0.1, 0.15) is 5.56 Å². The van der Waals surface area contributed by atoms with Crippen LogP contribution in [0.15, 0.2) is 14.6 Å². The number of aromatic nitrogens is 2. The summed E-state index contributed by atoms with van der Waals surface area (Å²) < 4.78 is 4.99. The van der Waals surface area contributed by atoms with Crippen LogP contribution < -0.4 is 11.2 Å². The number of nitrogens with one attached hydrogen (secondary N) is 2. The summed E-state index contributed by atoms with van der Waals surface area (Å²) in [5.41, 5.74) is -1.62. The topological polar surface area (TPSA) is 108 Å². The summed E-state index contributed by atoms with van der Waals surface area (Å²) in [6.45, 7) is 0.806. The molecule has 1 aliphatic heterocycles. The van der Waals surface area contributed by atoms with Crippen molar-refractivity contribution in [1.29, 1.82) is 0 Å². The third-order valence-corrected chi connectivity index (χ3v) is 1.72. The van der Waals surface area contributed by atoms with Crippen LogP contribution in [0.5, 0.6) is 5.88 Å². The molecule has 2 rings (SSSR count). The van der Waals surface area contributed by atoms with Gasteiger partial charge in [-0.2, -0.15) is 0 Å². The second kappa shape index (κ2) is 3.02. The number of aliphatic imine (C=N–C) groups is 1. The van der Waals surface area contributed by atoms with Crippen molar-refractivity contribution in [3.05, 3.63) is 26.4 Å². The lowest BCUT2D eigenvalue weighted by Gasteiger charge is -2.01. The van der Waals surface area contributed by atoms with Crippen LogP contribution in [0.4, 0.5) is 0 Å². The van der Waals surface area contributed by atoms with Crippen molar-refractivity contribution in [3.8, 4) is 5.88 Å². The van der Waals surface area contributed by atoms with Gasteiger partial charge in [0.1, 0.15) is 6.61 Å². The highest BCUT2D eigenvalue weighted by Crippen LogP contribution is 2.10. The third-order valence-electron chi connectivity index (χ3n) is 1.72. The lowest BCUT2D eigenvalue weighted by Crippen LogP contribution is -2.27. The van der Waals surface area contributed by atoms with Gasteiger partial charge in [-0.25, -0.2) is 9.79 Å². The first-order chi connectivity index (χ1) is 6.68. The van der Waals surface area contributed by atoms with Crippen molar-refractivity contribution in [3.63, 3.8) is 0 Å². The molecule has 0 radical (unpaired) electrons. The number of ether oxygens (including phenoxy) is 1. The van der Waals surface area contributed by atoms with E-state index in [0.29, 0.717) is 13.2 Å². The van der Waals surface area contributed by atoms with Gasteiger partial charge >= 0.3 is 5.69 Å². The average molecular weight is 197 g/mol. The number of hydrogen-bond donors (Lipinski definition) is 3. The molecule has 0 saturated carbocycles. The Morgan fingerprint density at radius 2 is 2.14 bits per heavy atom. The van der Waals surface area contributed by atoms with Gasteiger partial charge in [-0.1, -0.05) is 0 Å². The third kappa shape index (κ3) is 1.28. The molecular weight excluding hydrogens is 190 g/mol. The van der Waals surface area contributed by atoms with E-state index in [0.717, 1.165) is 0 Å². The Morgan fingerprint density at radius 1 is 1.36 bits per heavy atom. The fraction of sp³-hybridized carbons (Fsp3) is 0.286. The van der Waals surface area contributed by atoms with Crippen LogP contribution in [-0.2, 0) is 4.74 Å². The molecule has 1 aliphatic rings. The zero-order valence-corrected chi connectivity index (χ0v) is 7.03. The first-order valence-electron chi connectivity index (χ1n) is 3.91. The van der Waals surface area contributed by atoms with Crippen molar-refractivity contribution in [1.82, 2.24) is 9.97 Å². The fourth-order valence-corrected chi connectivity index (χ4v) is 1.16. The molecule has 0 amide bonds. The van der Waals surface area contributed by atoms with Crippen molar-refractivity contribution in [2.75, 3.05) is 13.2 Å². The number of H-pyrrole nitrogens is 2. The summed E-state index contributed by atoms with van der Waals surface area (Å²) in [6.07, 6.45) is 0. The predicted molar refractivity (Wildman–Crippen MR) is 46.7 cm³/mol. The van der Waals surface area contributed by atoms with Crippen molar-refractivity contribution in [2.24, 2.45) is 4.99 Å². The molecule has 0 aliphatic carbocycles. The zero-order chi connectivity index (χ0) is 10.1. The van der Waals surface area contributed by atoms with Gasteiger partial charge in [-0.15, -0.1) is 0 Å². The second-order valence-electron chi connectivity index (χ2n) is 2.67. The lowest BCUT2D eigenvalue weighted by molar-refractivity contribution is 0.345. The molecule has 0 atom stereocenters. The molecule has 0 spiro atoms. The van der Waals surface area contributed by atoms with Crippen LogP contribution in [0, 0.1) is 0 Å². The van der Waals surface area contributed by atoms with Gasteiger partial charge in [0.15, 0.2) is 5.56 Å². The molecule has 1 aromatic rings. The summed E-state index contributed by atoms with van der Waals surface area (Å²) in [5.74, 6) is -0.473. The monoisotopic (exact) mass is 197 g/mol. The normalized spacial score (nSPS) is 15.0. The predicted octanol–water partition coefficient (Wildman–Crippen LogP) is -1.45. The van der Waals surface area contributed by atoms with Crippen molar-refractivity contribution < 1.29 is 9.84 Å². The van der Waals surface area contributed by atoms with E-state index < -0.39 is 17.1 Å². The summed E-state index contributed by atoms with van der Waals surface area (Å²) >= 11 is 0. The zero-order valence-electron chi connectivity index (χ0n) is 7.03. The SMILES string of the molecule is O=c1[nH]c(O)c(C2=NCCO2)c(=O)[nH]1. The van der Waals surface area contributed by atoms with E-state index in [1.54, 1.807) is 0 Å². The highest BCUT2D eigenvalue weighted by Gasteiger charge is 2.19. The summed E-state index contributed by atoms with van der Waals surface area (Å²) in [5, 5.41) is 9.30. The molecule has 7 nitrogen and oxygen atoms in total. The number of rotatable bonds is 1. The minimum Gasteiger partial charge on any atom is -0.494 e. The van der Waals surface area contributed by atoms with Gasteiger partial charge in [-0.3, -0.25) is 14.8 Å². The largest absolute Gasteiger partial charge is 0.494 e. The van der Waals surface area contributed by atoms with E-state index in [9.17, 15) is 14.7 Å². The van der Waals surface area contributed by atoms with E-state index in [-0.39, 0.29) is 11.5 Å². The van der Waals surface area contributed by atoms with E-state index in [4.69, 9.17) is 4.74 Å². The van der Waals surface area contributed by atoms with Crippen LogP contribution in [0.3, 0.4) is 0 Å². The van der Waals surface area contributed by atoms with Crippen LogP contribution in [0.25, 0.3) is 0 Å². The molecule has 74 valence electrons. The van der Waals surface area contributed by atoms with Crippen LogP contribution in [-0.4, -0.2) is 34.1 Å². The average Bonchev–Trinajstić information content (AvgIpc) is 2.54.